The van der Waals surface area contributed by atoms with Crippen LogP contribution in [-0.2, 0) is 18.3 Å². The van der Waals surface area contributed by atoms with Crippen LogP contribution in [0.3, 0.4) is 0 Å². The molecule has 1 saturated heterocycles. The summed E-state index contributed by atoms with van der Waals surface area (Å²) in [6.07, 6.45) is 7.21. The summed E-state index contributed by atoms with van der Waals surface area (Å²) in [6.45, 7) is 2.16. The summed E-state index contributed by atoms with van der Waals surface area (Å²) in [7, 11) is 1.85. The standard InChI is InChI=1S/C15H18N6O2/c1-20-9-11(6-17-20)12-7-16-13-14(18-12)21(15(22)19-13)8-10-2-4-23-5-3-10/h6-7,9-10H,2-5,8H2,1H3,(H,16,19,22). The molecule has 3 aromatic heterocycles. The lowest BCUT2D eigenvalue weighted by Gasteiger charge is -2.21. The highest BCUT2D eigenvalue weighted by Crippen LogP contribution is 2.20. The number of hydrogen-bond acceptors (Lipinski definition) is 5. The lowest BCUT2D eigenvalue weighted by atomic mass is 10.0. The maximum absolute atomic E-state index is 12.2. The Labute approximate surface area is 132 Å². The third-order valence-electron chi connectivity index (χ3n) is 4.26. The molecule has 4 rings (SSSR count). The summed E-state index contributed by atoms with van der Waals surface area (Å²) in [4.78, 5) is 24.0. The number of imidazole rings is 1. The van der Waals surface area contributed by atoms with Gasteiger partial charge in [-0.05, 0) is 18.8 Å². The van der Waals surface area contributed by atoms with Crippen molar-refractivity contribution in [1.29, 1.82) is 0 Å². The molecule has 0 amide bonds. The number of nitrogens with zero attached hydrogens (tertiary/aromatic N) is 5. The van der Waals surface area contributed by atoms with Gasteiger partial charge in [0.25, 0.3) is 0 Å². The molecule has 0 saturated carbocycles. The number of aromatic nitrogens is 6. The van der Waals surface area contributed by atoms with Crippen LogP contribution in [0.1, 0.15) is 12.8 Å². The van der Waals surface area contributed by atoms with Gasteiger partial charge >= 0.3 is 5.69 Å². The number of ether oxygens (including phenoxy) is 1. The van der Waals surface area contributed by atoms with Crippen LogP contribution in [0.4, 0.5) is 0 Å². The first kappa shape index (κ1) is 14.1. The molecule has 8 nitrogen and oxygen atoms in total. The molecule has 1 aliphatic rings. The maximum atomic E-state index is 12.2. The fraction of sp³-hybridized carbons (Fsp3) is 0.467. The third-order valence-corrected chi connectivity index (χ3v) is 4.26. The molecule has 3 aromatic rings. The first-order chi connectivity index (χ1) is 11.2. The molecule has 0 bridgehead atoms. The Bertz CT molecular complexity index is 887. The Morgan fingerprint density at radius 3 is 2.91 bits per heavy atom. The summed E-state index contributed by atoms with van der Waals surface area (Å²) in [5.74, 6) is 0.435. The second-order valence-corrected chi connectivity index (χ2v) is 5.93. The quantitative estimate of drug-likeness (QED) is 0.777. The van der Waals surface area contributed by atoms with Gasteiger partial charge in [-0.3, -0.25) is 14.2 Å². The summed E-state index contributed by atoms with van der Waals surface area (Å²) < 4.78 is 8.79. The van der Waals surface area contributed by atoms with Crippen molar-refractivity contribution in [3.05, 3.63) is 29.1 Å². The largest absolute Gasteiger partial charge is 0.381 e. The van der Waals surface area contributed by atoms with E-state index in [0.29, 0.717) is 29.5 Å². The Balaban J connectivity index is 1.74. The van der Waals surface area contributed by atoms with Gasteiger partial charge in [0.15, 0.2) is 11.3 Å². The molecule has 120 valence electrons. The van der Waals surface area contributed by atoms with Crippen molar-refractivity contribution >= 4 is 11.3 Å². The van der Waals surface area contributed by atoms with E-state index in [9.17, 15) is 4.79 Å². The lowest BCUT2D eigenvalue weighted by Crippen LogP contribution is -2.26. The molecular weight excluding hydrogens is 296 g/mol. The molecule has 4 heterocycles. The Morgan fingerprint density at radius 1 is 1.35 bits per heavy atom. The van der Waals surface area contributed by atoms with Gasteiger partial charge in [0.1, 0.15) is 0 Å². The van der Waals surface area contributed by atoms with Crippen molar-refractivity contribution in [3.8, 4) is 11.3 Å². The second kappa shape index (κ2) is 5.62. The molecule has 0 radical (unpaired) electrons. The number of nitrogens with one attached hydrogen (secondary N) is 1. The van der Waals surface area contributed by atoms with Crippen LogP contribution in [0.5, 0.6) is 0 Å². The summed E-state index contributed by atoms with van der Waals surface area (Å²) >= 11 is 0. The number of aryl methyl sites for hydroxylation is 1. The van der Waals surface area contributed by atoms with E-state index in [1.165, 1.54) is 0 Å². The molecule has 23 heavy (non-hydrogen) atoms. The fourth-order valence-corrected chi connectivity index (χ4v) is 2.97. The van der Waals surface area contributed by atoms with Crippen LogP contribution in [0.15, 0.2) is 23.4 Å². The maximum Gasteiger partial charge on any atom is 0.328 e. The Hall–Kier alpha value is -2.48. The van der Waals surface area contributed by atoms with E-state index in [1.807, 2.05) is 13.2 Å². The van der Waals surface area contributed by atoms with Crippen LogP contribution in [0.2, 0.25) is 0 Å². The van der Waals surface area contributed by atoms with E-state index in [2.05, 4.69) is 20.1 Å². The van der Waals surface area contributed by atoms with Crippen molar-refractivity contribution in [3.63, 3.8) is 0 Å². The normalized spacial score (nSPS) is 16.2. The number of rotatable bonds is 3. The zero-order valence-electron chi connectivity index (χ0n) is 12.9. The van der Waals surface area contributed by atoms with Crippen LogP contribution in [-0.4, -0.2) is 42.5 Å². The average Bonchev–Trinajstić information content (AvgIpc) is 3.12. The van der Waals surface area contributed by atoms with E-state index < -0.39 is 0 Å². The molecule has 0 atom stereocenters. The molecular formula is C15H18N6O2. The second-order valence-electron chi connectivity index (χ2n) is 5.93. The first-order valence-corrected chi connectivity index (χ1v) is 7.73. The molecule has 0 aromatic carbocycles. The van der Waals surface area contributed by atoms with Gasteiger partial charge in [-0.25, -0.2) is 14.8 Å². The zero-order chi connectivity index (χ0) is 15.8. The molecule has 8 heteroatoms. The molecule has 0 aliphatic carbocycles. The predicted molar refractivity (Wildman–Crippen MR) is 83.9 cm³/mol. The lowest BCUT2D eigenvalue weighted by molar-refractivity contribution is 0.0613. The predicted octanol–water partition coefficient (Wildman–Crippen LogP) is 0.947. The summed E-state index contributed by atoms with van der Waals surface area (Å²) in [6, 6.07) is 0. The number of hydrogen-bond donors (Lipinski definition) is 1. The van der Waals surface area contributed by atoms with Crippen molar-refractivity contribution in [2.24, 2.45) is 13.0 Å². The molecule has 1 fully saturated rings. The van der Waals surface area contributed by atoms with Crippen molar-refractivity contribution in [1.82, 2.24) is 29.3 Å². The smallest absolute Gasteiger partial charge is 0.328 e. The molecule has 1 N–H and O–H groups in total. The minimum Gasteiger partial charge on any atom is -0.381 e. The molecule has 1 aliphatic heterocycles. The highest BCUT2D eigenvalue weighted by molar-refractivity contribution is 5.70. The molecule has 0 spiro atoms. The minimum atomic E-state index is -0.158. The van der Waals surface area contributed by atoms with E-state index in [1.54, 1.807) is 21.6 Å². The SMILES string of the molecule is Cn1cc(-c2cnc3[nH]c(=O)n(CC4CCOCC4)c3n2)cn1. The van der Waals surface area contributed by atoms with Crippen LogP contribution >= 0.6 is 0 Å². The van der Waals surface area contributed by atoms with E-state index in [-0.39, 0.29) is 5.69 Å². The Kier molecular flexibility index (Phi) is 3.45. The van der Waals surface area contributed by atoms with E-state index in [0.717, 1.165) is 31.6 Å². The fourth-order valence-electron chi connectivity index (χ4n) is 2.97. The van der Waals surface area contributed by atoms with Gasteiger partial charge in [-0.2, -0.15) is 5.10 Å². The van der Waals surface area contributed by atoms with Crippen LogP contribution in [0, 0.1) is 5.92 Å². The summed E-state index contributed by atoms with van der Waals surface area (Å²) in [5, 5.41) is 4.15. The average molecular weight is 314 g/mol. The van der Waals surface area contributed by atoms with Crippen molar-refractivity contribution < 1.29 is 4.74 Å². The van der Waals surface area contributed by atoms with Gasteiger partial charge in [-0.15, -0.1) is 0 Å². The van der Waals surface area contributed by atoms with Gasteiger partial charge in [-0.1, -0.05) is 0 Å². The topological polar surface area (TPSA) is 90.6 Å². The van der Waals surface area contributed by atoms with E-state index >= 15 is 0 Å². The highest BCUT2D eigenvalue weighted by Gasteiger charge is 2.18. The number of aromatic amines is 1. The zero-order valence-corrected chi connectivity index (χ0v) is 12.9. The van der Waals surface area contributed by atoms with Gasteiger partial charge in [0, 0.05) is 38.6 Å². The highest BCUT2D eigenvalue weighted by atomic mass is 16.5. The third kappa shape index (κ3) is 2.65. The van der Waals surface area contributed by atoms with E-state index in [4.69, 9.17) is 4.74 Å². The van der Waals surface area contributed by atoms with Crippen molar-refractivity contribution in [2.45, 2.75) is 19.4 Å². The van der Waals surface area contributed by atoms with Gasteiger partial charge in [0.05, 0.1) is 18.1 Å². The molecule has 0 unspecified atom stereocenters. The van der Waals surface area contributed by atoms with Gasteiger partial charge in [0.2, 0.25) is 0 Å². The number of fused-ring (bicyclic) bond motifs is 1. The van der Waals surface area contributed by atoms with Gasteiger partial charge < -0.3 is 4.74 Å². The Morgan fingerprint density at radius 2 is 2.17 bits per heavy atom. The monoisotopic (exact) mass is 314 g/mol. The van der Waals surface area contributed by atoms with Crippen LogP contribution < -0.4 is 5.69 Å². The summed E-state index contributed by atoms with van der Waals surface area (Å²) in [5.41, 5.74) is 2.56. The van der Waals surface area contributed by atoms with Crippen LogP contribution in [0.25, 0.3) is 22.6 Å². The van der Waals surface area contributed by atoms with Crippen molar-refractivity contribution in [2.75, 3.05) is 13.2 Å². The number of H-pyrrole nitrogens is 1. The first-order valence-electron chi connectivity index (χ1n) is 7.73. The minimum absolute atomic E-state index is 0.158.